The number of hydrogen-bond donors (Lipinski definition) is 2. The standard InChI is InChI=1S/C30H32N2O6S/c1-5-18-31-30(34)28(32-29(33)24-10-14-25(15-11-24)37-20-21(2)3)19-23-8-12-26(13-9-23)38-39(35,36)27-16-6-22(4)7-17-27/h5-17,19,21H,1,18,20H2,2-4H3,(H,31,34)(H,32,33)/b28-19-. The fourth-order valence-corrected chi connectivity index (χ4v) is 4.17. The summed E-state index contributed by atoms with van der Waals surface area (Å²) in [5.74, 6) is 0.130. The van der Waals surface area contributed by atoms with Crippen molar-refractivity contribution in [3.8, 4) is 11.5 Å². The van der Waals surface area contributed by atoms with Crippen molar-refractivity contribution in [3.63, 3.8) is 0 Å². The summed E-state index contributed by atoms with van der Waals surface area (Å²) in [7, 11) is -4.00. The van der Waals surface area contributed by atoms with Crippen molar-refractivity contribution in [2.75, 3.05) is 13.2 Å². The van der Waals surface area contributed by atoms with Gasteiger partial charge in [0, 0.05) is 12.1 Å². The Balaban J connectivity index is 1.76. The molecule has 0 spiro atoms. The normalized spacial score (nSPS) is 11.5. The largest absolute Gasteiger partial charge is 0.493 e. The van der Waals surface area contributed by atoms with E-state index in [1.54, 1.807) is 48.5 Å². The van der Waals surface area contributed by atoms with Crippen LogP contribution in [0.15, 0.2) is 96.0 Å². The highest BCUT2D eigenvalue weighted by Gasteiger charge is 2.17. The minimum absolute atomic E-state index is 0.00271. The van der Waals surface area contributed by atoms with Crippen molar-refractivity contribution in [3.05, 3.63) is 108 Å². The number of carbonyl (C=O) groups excluding carboxylic acids is 2. The van der Waals surface area contributed by atoms with Gasteiger partial charge in [0.25, 0.3) is 11.8 Å². The van der Waals surface area contributed by atoms with E-state index in [9.17, 15) is 18.0 Å². The zero-order valence-electron chi connectivity index (χ0n) is 22.1. The molecule has 0 atom stereocenters. The van der Waals surface area contributed by atoms with Gasteiger partial charge in [-0.3, -0.25) is 9.59 Å². The molecule has 0 bridgehead atoms. The lowest BCUT2D eigenvalue weighted by atomic mass is 10.1. The van der Waals surface area contributed by atoms with Gasteiger partial charge >= 0.3 is 10.1 Å². The third-order valence-electron chi connectivity index (χ3n) is 5.31. The number of carbonyl (C=O) groups is 2. The van der Waals surface area contributed by atoms with Gasteiger partial charge in [0.05, 0.1) is 6.61 Å². The SMILES string of the molecule is C=CCNC(=O)/C(=C/c1ccc(OS(=O)(=O)c2ccc(C)cc2)cc1)NC(=O)c1ccc(OCC(C)C)cc1. The minimum Gasteiger partial charge on any atom is -0.493 e. The van der Waals surface area contributed by atoms with Gasteiger partial charge in [-0.15, -0.1) is 6.58 Å². The molecule has 0 aromatic heterocycles. The number of amides is 2. The van der Waals surface area contributed by atoms with Crippen LogP contribution in [0.3, 0.4) is 0 Å². The quantitative estimate of drug-likeness (QED) is 0.190. The van der Waals surface area contributed by atoms with E-state index < -0.39 is 21.9 Å². The third kappa shape index (κ3) is 8.86. The molecule has 0 aliphatic heterocycles. The molecule has 3 aromatic carbocycles. The Morgan fingerprint density at radius 3 is 2.13 bits per heavy atom. The second kappa shape index (κ2) is 13.4. The molecule has 3 aromatic rings. The first-order chi connectivity index (χ1) is 18.6. The summed E-state index contributed by atoms with van der Waals surface area (Å²) in [6.45, 7) is 10.3. The molecule has 0 saturated carbocycles. The van der Waals surface area contributed by atoms with Crippen LogP contribution in [-0.2, 0) is 14.9 Å². The minimum atomic E-state index is -4.00. The lowest BCUT2D eigenvalue weighted by Crippen LogP contribution is -2.34. The smallest absolute Gasteiger partial charge is 0.339 e. The number of ether oxygens (including phenoxy) is 1. The molecule has 0 heterocycles. The zero-order chi connectivity index (χ0) is 28.4. The van der Waals surface area contributed by atoms with Crippen LogP contribution in [0.25, 0.3) is 6.08 Å². The molecule has 3 rings (SSSR count). The topological polar surface area (TPSA) is 111 Å². The van der Waals surface area contributed by atoms with Gasteiger partial charge < -0.3 is 19.6 Å². The van der Waals surface area contributed by atoms with Crippen LogP contribution >= 0.6 is 0 Å². The maximum Gasteiger partial charge on any atom is 0.339 e. The van der Waals surface area contributed by atoms with E-state index in [-0.39, 0.29) is 22.9 Å². The summed E-state index contributed by atoms with van der Waals surface area (Å²) < 4.78 is 36.0. The molecular formula is C30H32N2O6S. The molecule has 0 radical (unpaired) electrons. The van der Waals surface area contributed by atoms with E-state index >= 15 is 0 Å². The van der Waals surface area contributed by atoms with Crippen molar-refractivity contribution < 1.29 is 26.9 Å². The van der Waals surface area contributed by atoms with Gasteiger partial charge in [0.1, 0.15) is 22.1 Å². The average Bonchev–Trinajstić information content (AvgIpc) is 2.91. The van der Waals surface area contributed by atoms with Crippen LogP contribution in [0, 0.1) is 12.8 Å². The van der Waals surface area contributed by atoms with Crippen LogP contribution in [0.5, 0.6) is 11.5 Å². The maximum atomic E-state index is 12.9. The Hall–Kier alpha value is -4.37. The predicted octanol–water partition coefficient (Wildman–Crippen LogP) is 4.87. The summed E-state index contributed by atoms with van der Waals surface area (Å²) in [5, 5.41) is 5.29. The van der Waals surface area contributed by atoms with Crippen molar-refractivity contribution in [2.24, 2.45) is 5.92 Å². The molecule has 0 aliphatic carbocycles. The first kappa shape index (κ1) is 29.2. The predicted molar refractivity (Wildman–Crippen MR) is 151 cm³/mol. The first-order valence-electron chi connectivity index (χ1n) is 12.3. The van der Waals surface area contributed by atoms with Crippen LogP contribution in [0.2, 0.25) is 0 Å². The zero-order valence-corrected chi connectivity index (χ0v) is 23.0. The van der Waals surface area contributed by atoms with Crippen LogP contribution < -0.4 is 19.6 Å². The Morgan fingerprint density at radius 1 is 0.923 bits per heavy atom. The molecule has 8 nitrogen and oxygen atoms in total. The van der Waals surface area contributed by atoms with E-state index in [0.717, 1.165) is 5.56 Å². The maximum absolute atomic E-state index is 12.9. The summed E-state index contributed by atoms with van der Waals surface area (Å²) in [6, 6.07) is 19.0. The van der Waals surface area contributed by atoms with Gasteiger partial charge in [-0.1, -0.05) is 49.8 Å². The Morgan fingerprint density at radius 2 is 1.54 bits per heavy atom. The van der Waals surface area contributed by atoms with E-state index in [2.05, 4.69) is 17.2 Å². The fraction of sp³-hybridized carbons (Fsp3) is 0.200. The van der Waals surface area contributed by atoms with E-state index in [4.69, 9.17) is 8.92 Å². The molecule has 0 unspecified atom stereocenters. The first-order valence-corrected chi connectivity index (χ1v) is 13.7. The molecule has 0 fully saturated rings. The van der Waals surface area contributed by atoms with Gasteiger partial charge in [-0.25, -0.2) is 0 Å². The molecule has 2 amide bonds. The average molecular weight is 549 g/mol. The summed E-state index contributed by atoms with van der Waals surface area (Å²) >= 11 is 0. The highest BCUT2D eigenvalue weighted by atomic mass is 32.2. The third-order valence-corrected chi connectivity index (χ3v) is 6.57. The molecule has 2 N–H and O–H groups in total. The number of aryl methyl sites for hydroxylation is 1. The van der Waals surface area contributed by atoms with Crippen LogP contribution in [-0.4, -0.2) is 33.4 Å². The monoisotopic (exact) mass is 548 g/mol. The number of benzene rings is 3. The highest BCUT2D eigenvalue weighted by Crippen LogP contribution is 2.21. The van der Waals surface area contributed by atoms with Crippen LogP contribution in [0.1, 0.15) is 35.3 Å². The highest BCUT2D eigenvalue weighted by molar-refractivity contribution is 7.87. The number of rotatable bonds is 12. The fourth-order valence-electron chi connectivity index (χ4n) is 3.24. The lowest BCUT2D eigenvalue weighted by Gasteiger charge is -2.12. The van der Waals surface area contributed by atoms with E-state index in [0.29, 0.717) is 29.4 Å². The molecule has 39 heavy (non-hydrogen) atoms. The molecule has 0 aliphatic rings. The number of nitrogens with one attached hydrogen (secondary N) is 2. The van der Waals surface area contributed by atoms with Gasteiger partial charge in [-0.2, -0.15) is 8.42 Å². The van der Waals surface area contributed by atoms with E-state index in [1.165, 1.54) is 36.4 Å². The Labute approximate surface area is 229 Å². The van der Waals surface area contributed by atoms with E-state index in [1.807, 2.05) is 20.8 Å². The van der Waals surface area contributed by atoms with Gasteiger partial charge in [0.15, 0.2) is 0 Å². The van der Waals surface area contributed by atoms with Crippen molar-refractivity contribution in [2.45, 2.75) is 25.7 Å². The molecule has 204 valence electrons. The second-order valence-corrected chi connectivity index (χ2v) is 10.7. The molecule has 9 heteroatoms. The number of hydrogen-bond acceptors (Lipinski definition) is 6. The second-order valence-electron chi connectivity index (χ2n) is 9.16. The van der Waals surface area contributed by atoms with Crippen molar-refractivity contribution >= 4 is 28.0 Å². The van der Waals surface area contributed by atoms with Gasteiger partial charge in [-0.05, 0) is 73.0 Å². The summed E-state index contributed by atoms with van der Waals surface area (Å²) in [6.07, 6.45) is 3.00. The van der Waals surface area contributed by atoms with Gasteiger partial charge in [0.2, 0.25) is 0 Å². The molecule has 0 saturated heterocycles. The Bertz CT molecular complexity index is 1430. The summed E-state index contributed by atoms with van der Waals surface area (Å²) in [4.78, 5) is 25.7. The van der Waals surface area contributed by atoms with Crippen molar-refractivity contribution in [1.82, 2.24) is 10.6 Å². The molecular weight excluding hydrogens is 516 g/mol. The van der Waals surface area contributed by atoms with Crippen LogP contribution in [0.4, 0.5) is 0 Å². The Kier molecular flexibility index (Phi) is 10.1. The summed E-state index contributed by atoms with van der Waals surface area (Å²) in [5.41, 5.74) is 1.82. The lowest BCUT2D eigenvalue weighted by molar-refractivity contribution is -0.117. The van der Waals surface area contributed by atoms with Crippen molar-refractivity contribution in [1.29, 1.82) is 0 Å².